The van der Waals surface area contributed by atoms with Gasteiger partial charge in [-0.1, -0.05) is 39.8 Å². The van der Waals surface area contributed by atoms with Crippen molar-refractivity contribution in [2.75, 3.05) is 33.3 Å². The summed E-state index contributed by atoms with van der Waals surface area (Å²) in [6.07, 6.45) is 1.82. The smallest absolute Gasteiger partial charge is 0.227 e. The second-order valence-electron chi connectivity index (χ2n) is 8.12. The van der Waals surface area contributed by atoms with Gasteiger partial charge in [0, 0.05) is 32.6 Å². The van der Waals surface area contributed by atoms with Crippen LogP contribution in [-0.2, 0) is 16.0 Å². The van der Waals surface area contributed by atoms with E-state index in [2.05, 4.69) is 33.8 Å². The Bertz CT molecular complexity index is 655. The second-order valence-corrected chi connectivity index (χ2v) is 8.12. The number of methoxy groups -OCH3 is 1. The van der Waals surface area contributed by atoms with E-state index in [-0.39, 0.29) is 11.8 Å². The van der Waals surface area contributed by atoms with Crippen LogP contribution in [0.2, 0.25) is 0 Å². The minimum Gasteiger partial charge on any atom is -0.496 e. The third-order valence-electron chi connectivity index (χ3n) is 5.06. The first-order chi connectivity index (χ1) is 12.8. The minimum atomic E-state index is 0.132. The van der Waals surface area contributed by atoms with E-state index in [1.54, 1.807) is 7.11 Å². The van der Waals surface area contributed by atoms with Crippen molar-refractivity contribution in [2.24, 2.45) is 5.92 Å². The monoisotopic (exact) mass is 374 g/mol. The zero-order chi connectivity index (χ0) is 20.0. The fourth-order valence-corrected chi connectivity index (χ4v) is 3.53. The van der Waals surface area contributed by atoms with Crippen LogP contribution >= 0.6 is 0 Å². The van der Waals surface area contributed by atoms with Gasteiger partial charge >= 0.3 is 0 Å². The zero-order valence-corrected chi connectivity index (χ0v) is 17.5. The Kier molecular flexibility index (Phi) is 7.69. The summed E-state index contributed by atoms with van der Waals surface area (Å²) in [6, 6.07) is 6.00. The van der Waals surface area contributed by atoms with E-state index in [9.17, 15) is 9.59 Å². The van der Waals surface area contributed by atoms with E-state index in [1.165, 1.54) is 0 Å². The van der Waals surface area contributed by atoms with Crippen LogP contribution in [0.4, 0.5) is 0 Å². The van der Waals surface area contributed by atoms with Crippen LogP contribution in [0, 0.1) is 5.92 Å². The molecule has 1 fully saturated rings. The van der Waals surface area contributed by atoms with Crippen molar-refractivity contribution in [1.29, 1.82) is 0 Å². The van der Waals surface area contributed by atoms with E-state index >= 15 is 0 Å². The lowest BCUT2D eigenvalue weighted by Crippen LogP contribution is -2.38. The number of carbonyl (C=O) groups excluding carboxylic acids is 2. The van der Waals surface area contributed by atoms with E-state index in [0.717, 1.165) is 36.4 Å². The maximum atomic E-state index is 12.8. The van der Waals surface area contributed by atoms with Crippen LogP contribution in [0.25, 0.3) is 0 Å². The topological polar surface area (TPSA) is 49.9 Å². The Morgan fingerprint density at radius 2 is 1.63 bits per heavy atom. The van der Waals surface area contributed by atoms with Gasteiger partial charge in [-0.15, -0.1) is 0 Å². The number of ether oxygens (including phenoxy) is 1. The highest BCUT2D eigenvalue weighted by atomic mass is 16.5. The molecule has 0 N–H and O–H groups in total. The molecule has 5 heteroatoms. The molecule has 0 unspecified atom stereocenters. The van der Waals surface area contributed by atoms with Crippen molar-refractivity contribution in [3.8, 4) is 5.75 Å². The molecular formula is C22H34N2O3. The molecule has 1 aromatic rings. The summed E-state index contributed by atoms with van der Waals surface area (Å²) in [7, 11) is 1.68. The maximum absolute atomic E-state index is 12.8. The minimum absolute atomic E-state index is 0.132. The summed E-state index contributed by atoms with van der Waals surface area (Å²) in [4.78, 5) is 28.9. The van der Waals surface area contributed by atoms with Gasteiger partial charge in [-0.3, -0.25) is 9.59 Å². The summed E-state index contributed by atoms with van der Waals surface area (Å²) in [5.41, 5.74) is 2.14. The lowest BCUT2D eigenvalue weighted by molar-refractivity contribution is -0.133. The van der Waals surface area contributed by atoms with Crippen LogP contribution in [0.15, 0.2) is 18.2 Å². The standard InChI is InChI=1S/C22H34N2O3/c1-16(2)13-21(25)23-9-6-10-24(12-11-23)22(26)15-18-7-8-20(27-5)19(14-18)17(3)4/h7-8,14,16-17H,6,9-13,15H2,1-5H3. The van der Waals surface area contributed by atoms with E-state index < -0.39 is 0 Å². The molecule has 2 rings (SSSR count). The first-order valence-electron chi connectivity index (χ1n) is 10.0. The first-order valence-corrected chi connectivity index (χ1v) is 10.0. The lowest BCUT2D eigenvalue weighted by atomic mass is 9.98. The quantitative estimate of drug-likeness (QED) is 0.766. The molecule has 0 atom stereocenters. The Hall–Kier alpha value is -2.04. The highest BCUT2D eigenvalue weighted by Crippen LogP contribution is 2.27. The highest BCUT2D eigenvalue weighted by Gasteiger charge is 2.22. The van der Waals surface area contributed by atoms with Gasteiger partial charge in [-0.05, 0) is 35.4 Å². The van der Waals surface area contributed by atoms with Crippen molar-refractivity contribution >= 4 is 11.8 Å². The average molecular weight is 375 g/mol. The molecule has 1 aliphatic rings. The molecule has 1 aliphatic heterocycles. The third kappa shape index (κ3) is 5.98. The Morgan fingerprint density at radius 3 is 2.19 bits per heavy atom. The maximum Gasteiger partial charge on any atom is 0.227 e. The van der Waals surface area contributed by atoms with E-state index in [1.807, 2.05) is 21.9 Å². The summed E-state index contributed by atoms with van der Waals surface area (Å²) < 4.78 is 5.43. The van der Waals surface area contributed by atoms with Crippen molar-refractivity contribution in [3.05, 3.63) is 29.3 Å². The van der Waals surface area contributed by atoms with Crippen LogP contribution in [0.3, 0.4) is 0 Å². The van der Waals surface area contributed by atoms with E-state index in [4.69, 9.17) is 4.74 Å². The molecule has 1 heterocycles. The number of rotatable bonds is 6. The van der Waals surface area contributed by atoms with Crippen LogP contribution in [0.1, 0.15) is 57.6 Å². The van der Waals surface area contributed by atoms with Crippen molar-refractivity contribution in [1.82, 2.24) is 9.80 Å². The second kappa shape index (κ2) is 9.77. The zero-order valence-electron chi connectivity index (χ0n) is 17.5. The molecule has 150 valence electrons. The summed E-state index contributed by atoms with van der Waals surface area (Å²) in [5.74, 6) is 1.91. The molecule has 0 aromatic heterocycles. The molecule has 1 saturated heterocycles. The van der Waals surface area contributed by atoms with Gasteiger partial charge in [0.25, 0.3) is 0 Å². The molecule has 0 saturated carbocycles. The van der Waals surface area contributed by atoms with Gasteiger partial charge in [-0.25, -0.2) is 0 Å². The van der Waals surface area contributed by atoms with Crippen LogP contribution in [0.5, 0.6) is 5.75 Å². The predicted octanol–water partition coefficient (Wildman–Crippen LogP) is 3.47. The molecule has 0 radical (unpaired) electrons. The summed E-state index contributed by atoms with van der Waals surface area (Å²) in [6.45, 7) is 11.1. The number of hydrogen-bond donors (Lipinski definition) is 0. The molecule has 2 amide bonds. The Labute approximate surface area is 163 Å². The molecule has 1 aromatic carbocycles. The van der Waals surface area contributed by atoms with Gasteiger partial charge in [0.1, 0.15) is 5.75 Å². The average Bonchev–Trinajstić information content (AvgIpc) is 2.87. The SMILES string of the molecule is COc1ccc(CC(=O)N2CCCN(C(=O)CC(C)C)CC2)cc1C(C)C. The molecular weight excluding hydrogens is 340 g/mol. The predicted molar refractivity (Wildman–Crippen MR) is 108 cm³/mol. The summed E-state index contributed by atoms with van der Waals surface area (Å²) in [5, 5.41) is 0. The molecule has 0 aliphatic carbocycles. The summed E-state index contributed by atoms with van der Waals surface area (Å²) >= 11 is 0. The molecule has 5 nitrogen and oxygen atoms in total. The third-order valence-corrected chi connectivity index (χ3v) is 5.06. The van der Waals surface area contributed by atoms with Crippen molar-refractivity contribution < 1.29 is 14.3 Å². The fraction of sp³-hybridized carbons (Fsp3) is 0.636. The fourth-order valence-electron chi connectivity index (χ4n) is 3.53. The van der Waals surface area contributed by atoms with Crippen LogP contribution < -0.4 is 4.74 Å². The van der Waals surface area contributed by atoms with Gasteiger partial charge in [0.05, 0.1) is 13.5 Å². The number of benzene rings is 1. The molecule has 0 spiro atoms. The first kappa shape index (κ1) is 21.3. The number of carbonyl (C=O) groups is 2. The van der Waals surface area contributed by atoms with Gasteiger partial charge in [0.2, 0.25) is 11.8 Å². The van der Waals surface area contributed by atoms with Crippen LogP contribution in [-0.4, -0.2) is 54.9 Å². The lowest BCUT2D eigenvalue weighted by Gasteiger charge is -2.23. The van der Waals surface area contributed by atoms with Crippen molar-refractivity contribution in [2.45, 2.75) is 52.9 Å². The van der Waals surface area contributed by atoms with Gasteiger partial charge < -0.3 is 14.5 Å². The number of amides is 2. The van der Waals surface area contributed by atoms with Gasteiger partial charge in [-0.2, -0.15) is 0 Å². The number of hydrogen-bond acceptors (Lipinski definition) is 3. The molecule has 0 bridgehead atoms. The number of nitrogens with zero attached hydrogens (tertiary/aromatic N) is 2. The van der Waals surface area contributed by atoms with Crippen molar-refractivity contribution in [3.63, 3.8) is 0 Å². The highest BCUT2D eigenvalue weighted by molar-refractivity contribution is 5.79. The molecule has 27 heavy (non-hydrogen) atoms. The normalized spacial score (nSPS) is 15.2. The van der Waals surface area contributed by atoms with E-state index in [0.29, 0.717) is 37.8 Å². The largest absolute Gasteiger partial charge is 0.496 e. The Morgan fingerprint density at radius 1 is 1.00 bits per heavy atom. The van der Waals surface area contributed by atoms with Gasteiger partial charge in [0.15, 0.2) is 0 Å². The Balaban J connectivity index is 1.98.